The van der Waals surface area contributed by atoms with Gasteiger partial charge in [-0.15, -0.1) is 12.6 Å². The van der Waals surface area contributed by atoms with E-state index >= 15 is 0 Å². The monoisotopic (exact) mass is 323 g/mol. The number of hydrogen-bond donors (Lipinski definition) is 1. The number of nitriles is 1. The highest BCUT2D eigenvalue weighted by molar-refractivity contribution is 7.80. The third-order valence-corrected chi connectivity index (χ3v) is 3.99. The van der Waals surface area contributed by atoms with Crippen molar-refractivity contribution in [3.05, 3.63) is 41.3 Å². The summed E-state index contributed by atoms with van der Waals surface area (Å²) in [6.07, 6.45) is 2.79. The van der Waals surface area contributed by atoms with Crippen molar-refractivity contribution in [2.75, 3.05) is 0 Å². The zero-order valence-electron chi connectivity index (χ0n) is 13.1. The molecule has 0 saturated carbocycles. The Morgan fingerprint density at radius 1 is 1.17 bits per heavy atom. The lowest BCUT2D eigenvalue weighted by Gasteiger charge is -2.07. The summed E-state index contributed by atoms with van der Waals surface area (Å²) in [5, 5.41) is 9.88. The molecule has 0 saturated heterocycles. The number of benzene rings is 1. The highest BCUT2D eigenvalue weighted by Crippen LogP contribution is 2.24. The Labute approximate surface area is 140 Å². The van der Waals surface area contributed by atoms with Crippen LogP contribution in [0.15, 0.2) is 29.4 Å². The van der Waals surface area contributed by atoms with Crippen LogP contribution in [-0.4, -0.2) is 19.5 Å². The van der Waals surface area contributed by atoms with E-state index in [4.69, 9.17) is 0 Å². The number of aromatic nitrogens is 4. The molecule has 0 aliphatic rings. The van der Waals surface area contributed by atoms with Gasteiger partial charge in [-0.2, -0.15) is 5.26 Å². The summed E-state index contributed by atoms with van der Waals surface area (Å²) in [5.41, 5.74) is 3.54. The number of fused-ring (bicyclic) bond motifs is 1. The van der Waals surface area contributed by atoms with Crippen LogP contribution in [-0.2, 0) is 6.42 Å². The van der Waals surface area contributed by atoms with Gasteiger partial charge in [-0.25, -0.2) is 15.0 Å². The molecular formula is C17H17N5S. The molecule has 0 bridgehead atoms. The highest BCUT2D eigenvalue weighted by Gasteiger charge is 2.17. The minimum absolute atomic E-state index is 0.308. The van der Waals surface area contributed by atoms with Gasteiger partial charge < -0.3 is 0 Å². The van der Waals surface area contributed by atoms with Crippen molar-refractivity contribution in [3.8, 4) is 11.8 Å². The molecule has 6 heteroatoms. The van der Waals surface area contributed by atoms with E-state index in [1.54, 1.807) is 0 Å². The molecule has 3 aromatic rings. The van der Waals surface area contributed by atoms with E-state index < -0.39 is 0 Å². The fourth-order valence-corrected chi connectivity index (χ4v) is 2.76. The summed E-state index contributed by atoms with van der Waals surface area (Å²) in [6, 6.07) is 10.2. The van der Waals surface area contributed by atoms with Gasteiger partial charge in [-0.1, -0.05) is 31.0 Å². The number of thiol groups is 1. The molecule has 0 aliphatic carbocycles. The van der Waals surface area contributed by atoms with Crippen LogP contribution in [0, 0.1) is 18.3 Å². The van der Waals surface area contributed by atoms with Gasteiger partial charge in [0.05, 0.1) is 0 Å². The van der Waals surface area contributed by atoms with Crippen molar-refractivity contribution >= 4 is 23.8 Å². The van der Waals surface area contributed by atoms with E-state index in [-0.39, 0.29) is 0 Å². The van der Waals surface area contributed by atoms with Crippen LogP contribution in [0.1, 0.15) is 36.8 Å². The summed E-state index contributed by atoms with van der Waals surface area (Å²) in [5.74, 6) is 0.678. The Morgan fingerprint density at radius 2 is 1.91 bits per heavy atom. The van der Waals surface area contributed by atoms with Crippen molar-refractivity contribution in [3.63, 3.8) is 0 Å². The van der Waals surface area contributed by atoms with Crippen LogP contribution in [0.2, 0.25) is 0 Å². The van der Waals surface area contributed by atoms with Crippen LogP contribution in [0.5, 0.6) is 0 Å². The van der Waals surface area contributed by atoms with Gasteiger partial charge in [0.15, 0.2) is 16.5 Å². The van der Waals surface area contributed by atoms with Crippen LogP contribution >= 0.6 is 12.6 Å². The highest BCUT2D eigenvalue weighted by atomic mass is 32.1. The Hall–Kier alpha value is -2.39. The molecular weight excluding hydrogens is 306 g/mol. The number of unbranched alkanes of at least 4 members (excludes halogenated alkanes) is 1. The molecule has 23 heavy (non-hydrogen) atoms. The molecule has 0 fully saturated rings. The average molecular weight is 323 g/mol. The van der Waals surface area contributed by atoms with Gasteiger partial charge in [0.25, 0.3) is 0 Å². The van der Waals surface area contributed by atoms with E-state index in [0.29, 0.717) is 27.8 Å². The Kier molecular flexibility index (Phi) is 4.30. The number of rotatable bonds is 4. The third-order valence-electron chi connectivity index (χ3n) is 3.69. The molecule has 3 rings (SSSR count). The maximum Gasteiger partial charge on any atom is 0.172 e. The van der Waals surface area contributed by atoms with E-state index in [2.05, 4.69) is 40.6 Å². The van der Waals surface area contributed by atoms with Crippen molar-refractivity contribution in [1.82, 2.24) is 19.5 Å². The molecule has 5 nitrogen and oxygen atoms in total. The zero-order valence-corrected chi connectivity index (χ0v) is 14.0. The van der Waals surface area contributed by atoms with Crippen molar-refractivity contribution in [1.29, 1.82) is 5.26 Å². The molecule has 0 aliphatic heterocycles. The number of imidazole rings is 1. The van der Waals surface area contributed by atoms with E-state index in [0.717, 1.165) is 24.9 Å². The normalized spacial score (nSPS) is 10.9. The summed E-state index contributed by atoms with van der Waals surface area (Å²) in [7, 11) is 0. The van der Waals surface area contributed by atoms with Gasteiger partial charge in [-0.05, 0) is 25.5 Å². The third kappa shape index (κ3) is 2.92. The molecule has 0 N–H and O–H groups in total. The fraction of sp³-hybridized carbons (Fsp3) is 0.294. The molecule has 0 spiro atoms. The first kappa shape index (κ1) is 15.5. The van der Waals surface area contributed by atoms with Crippen LogP contribution < -0.4 is 0 Å². The lowest BCUT2D eigenvalue weighted by molar-refractivity contribution is 0.752. The topological polar surface area (TPSA) is 67.4 Å². The van der Waals surface area contributed by atoms with Gasteiger partial charge in [0.2, 0.25) is 0 Å². The first-order chi connectivity index (χ1) is 11.1. The van der Waals surface area contributed by atoms with Gasteiger partial charge in [0.1, 0.15) is 17.4 Å². The van der Waals surface area contributed by atoms with E-state index in [1.165, 1.54) is 5.56 Å². The SMILES string of the molecule is CCCCc1nc(C#N)c2nc(S)n(-c3ccc(C)cc3)c2n1. The van der Waals surface area contributed by atoms with Crippen molar-refractivity contribution in [2.45, 2.75) is 38.3 Å². The molecule has 0 unspecified atom stereocenters. The minimum atomic E-state index is 0.308. The minimum Gasteiger partial charge on any atom is -0.272 e. The van der Waals surface area contributed by atoms with Gasteiger partial charge >= 0.3 is 0 Å². The largest absolute Gasteiger partial charge is 0.272 e. The first-order valence-electron chi connectivity index (χ1n) is 7.59. The lowest BCUT2D eigenvalue weighted by Crippen LogP contribution is -2.02. The summed E-state index contributed by atoms with van der Waals surface area (Å²) in [6.45, 7) is 4.16. The number of nitrogens with zero attached hydrogens (tertiary/aromatic N) is 5. The second-order valence-corrected chi connectivity index (χ2v) is 5.86. The van der Waals surface area contributed by atoms with Crippen molar-refractivity contribution < 1.29 is 0 Å². The molecule has 0 atom stereocenters. The molecule has 116 valence electrons. The number of aryl methyl sites for hydroxylation is 2. The van der Waals surface area contributed by atoms with Crippen LogP contribution in [0.4, 0.5) is 0 Å². The van der Waals surface area contributed by atoms with E-state index in [9.17, 15) is 5.26 Å². The second kappa shape index (κ2) is 6.39. The second-order valence-electron chi connectivity index (χ2n) is 5.46. The Morgan fingerprint density at radius 3 is 2.57 bits per heavy atom. The predicted molar refractivity (Wildman–Crippen MR) is 92.0 cm³/mol. The maximum absolute atomic E-state index is 9.38. The van der Waals surface area contributed by atoms with E-state index in [1.807, 2.05) is 35.8 Å². The smallest absolute Gasteiger partial charge is 0.172 e. The standard InChI is InChI=1S/C17H17N5S/c1-3-4-5-14-19-13(10-18)15-16(20-14)22(17(23)21-15)12-8-6-11(2)7-9-12/h6-9H,3-5H2,1-2H3,(H,21,23). The summed E-state index contributed by atoms with van der Waals surface area (Å²) >= 11 is 4.46. The van der Waals surface area contributed by atoms with Crippen LogP contribution in [0.3, 0.4) is 0 Å². The summed E-state index contributed by atoms with van der Waals surface area (Å²) < 4.78 is 1.86. The Bertz CT molecular complexity index is 890. The van der Waals surface area contributed by atoms with Gasteiger partial charge in [-0.3, -0.25) is 4.57 Å². The maximum atomic E-state index is 9.38. The quantitative estimate of drug-likeness (QED) is 0.745. The zero-order chi connectivity index (χ0) is 16.4. The fourth-order valence-electron chi connectivity index (χ4n) is 2.45. The van der Waals surface area contributed by atoms with Gasteiger partial charge in [0, 0.05) is 12.1 Å². The first-order valence-corrected chi connectivity index (χ1v) is 8.04. The number of hydrogen-bond acceptors (Lipinski definition) is 5. The molecule has 1 aromatic carbocycles. The predicted octanol–water partition coefficient (Wildman–Crippen LogP) is 3.63. The molecule has 2 aromatic heterocycles. The molecule has 0 radical (unpaired) electrons. The molecule has 2 heterocycles. The van der Waals surface area contributed by atoms with Crippen LogP contribution in [0.25, 0.3) is 16.9 Å². The lowest BCUT2D eigenvalue weighted by atomic mass is 10.2. The van der Waals surface area contributed by atoms with Crippen molar-refractivity contribution in [2.24, 2.45) is 0 Å². The Balaban J connectivity index is 2.23. The average Bonchev–Trinajstić information content (AvgIpc) is 2.89. The summed E-state index contributed by atoms with van der Waals surface area (Å²) in [4.78, 5) is 13.4. The molecule has 0 amide bonds.